The maximum Gasteiger partial charge on any atom is 3.00 e. The van der Waals surface area contributed by atoms with E-state index in [9.17, 15) is 0 Å². The second kappa shape index (κ2) is 22.5. The maximum atomic E-state index is 8.25. The van der Waals surface area contributed by atoms with E-state index < -0.39 is 15.3 Å². The first-order chi connectivity index (χ1) is 5.20. The molecular formula is H3N4O9Ru. The van der Waals surface area contributed by atoms with Crippen LogP contribution in [0.2, 0.25) is 0 Å². The van der Waals surface area contributed by atoms with Gasteiger partial charge in [0.25, 0.3) is 0 Å². The third-order valence-corrected chi connectivity index (χ3v) is 0. The monoisotopic (exact) mass is 305 g/mol. The second-order valence-corrected chi connectivity index (χ2v) is 0.671. The molecule has 13 nitrogen and oxygen atoms in total. The maximum absolute atomic E-state index is 8.25. The molecule has 0 aliphatic rings. The number of hydrogen-bond acceptors (Lipinski definition) is 10. The van der Waals surface area contributed by atoms with Crippen molar-refractivity contribution < 1.29 is 34.7 Å². The van der Waals surface area contributed by atoms with Gasteiger partial charge in [-0.25, -0.2) is 0 Å². The van der Waals surface area contributed by atoms with Gasteiger partial charge in [-0.3, -0.25) is 0 Å². The molecule has 0 bridgehead atoms. The van der Waals surface area contributed by atoms with E-state index in [4.69, 9.17) is 46.0 Å². The topological polar surface area (TPSA) is 234 Å². The predicted molar refractivity (Wildman–Crippen MR) is 36.1 cm³/mol. The molecule has 0 aromatic heterocycles. The average molecular weight is 304 g/mol. The molecule has 0 aliphatic heterocycles. The van der Waals surface area contributed by atoms with E-state index in [-0.39, 0.29) is 25.6 Å². The Morgan fingerprint density at radius 2 is 0.571 bits per heavy atom. The summed E-state index contributed by atoms with van der Waals surface area (Å²) in [5, 5.41) is 44.2. The van der Waals surface area contributed by atoms with E-state index in [1.165, 1.54) is 0 Å². The molecule has 85 valence electrons. The van der Waals surface area contributed by atoms with Crippen LogP contribution in [0.15, 0.2) is 0 Å². The van der Waals surface area contributed by atoms with Crippen LogP contribution in [0.1, 0.15) is 0 Å². The van der Waals surface area contributed by atoms with Crippen LogP contribution in [0.4, 0.5) is 0 Å². The van der Waals surface area contributed by atoms with Crippen molar-refractivity contribution in [2.45, 2.75) is 0 Å². The number of nitrogens with zero attached hydrogens (tertiary/aromatic N) is 3. The van der Waals surface area contributed by atoms with Gasteiger partial charge in [0.15, 0.2) is 0 Å². The smallest absolute Gasteiger partial charge is 0.356 e. The summed E-state index contributed by atoms with van der Waals surface area (Å²) in [6, 6.07) is 0. The summed E-state index contributed by atoms with van der Waals surface area (Å²) in [4.78, 5) is 24.8. The molecule has 0 saturated heterocycles. The Hall–Kier alpha value is -1.82. The number of rotatable bonds is 0. The molecule has 0 saturated carbocycles. The zero-order valence-electron chi connectivity index (χ0n) is 6.08. The van der Waals surface area contributed by atoms with Crippen molar-refractivity contribution in [1.82, 2.24) is 6.15 Å². The van der Waals surface area contributed by atoms with E-state index in [1.807, 2.05) is 0 Å². The Balaban J connectivity index is -0.0000000270. The summed E-state index contributed by atoms with van der Waals surface area (Å²) < 4.78 is 0. The van der Waals surface area contributed by atoms with Gasteiger partial charge >= 0.3 is 19.5 Å². The SMILES string of the molecule is N.O=[N+]([O-])[O-].O=[N+]([O-])[O-].O=[N+]([O-])[O-].[Ru+3]. The fraction of sp³-hybridized carbons (Fsp3) is 0. The van der Waals surface area contributed by atoms with Gasteiger partial charge in [-0.2, -0.15) is 0 Å². The van der Waals surface area contributed by atoms with Crippen LogP contribution >= 0.6 is 0 Å². The molecule has 0 heterocycles. The van der Waals surface area contributed by atoms with E-state index in [1.54, 1.807) is 0 Å². The molecule has 0 aromatic carbocycles. The van der Waals surface area contributed by atoms with Crippen molar-refractivity contribution in [2.24, 2.45) is 0 Å². The third kappa shape index (κ3) is 260. The van der Waals surface area contributed by atoms with Gasteiger partial charge in [-0.15, -0.1) is 0 Å². The van der Waals surface area contributed by atoms with Crippen LogP contribution in [0.25, 0.3) is 0 Å². The second-order valence-electron chi connectivity index (χ2n) is 0.671. The number of hydrogen-bond donors (Lipinski definition) is 1. The Kier molecular flexibility index (Phi) is 47.4. The summed E-state index contributed by atoms with van der Waals surface area (Å²) in [7, 11) is 0. The van der Waals surface area contributed by atoms with Crippen LogP contribution in [-0.2, 0) is 19.5 Å². The van der Waals surface area contributed by atoms with Gasteiger partial charge in [0.2, 0.25) is 0 Å². The normalized spacial score (nSPS) is 5.14. The first kappa shape index (κ1) is 29.5. The van der Waals surface area contributed by atoms with Crippen molar-refractivity contribution in [3.8, 4) is 0 Å². The summed E-state index contributed by atoms with van der Waals surface area (Å²) in [6.45, 7) is 0. The fourth-order valence-corrected chi connectivity index (χ4v) is 0. The summed E-state index contributed by atoms with van der Waals surface area (Å²) >= 11 is 0. The predicted octanol–water partition coefficient (Wildman–Crippen LogP) is -0.558. The molecule has 14 heteroatoms. The molecular weight excluding hydrogens is 301 g/mol. The van der Waals surface area contributed by atoms with Crippen molar-refractivity contribution in [3.63, 3.8) is 0 Å². The summed E-state index contributed by atoms with van der Waals surface area (Å²) in [5.74, 6) is 0. The molecule has 14 heavy (non-hydrogen) atoms. The molecule has 3 N–H and O–H groups in total. The zero-order valence-corrected chi connectivity index (χ0v) is 7.81. The summed E-state index contributed by atoms with van der Waals surface area (Å²) in [5.41, 5.74) is 0. The van der Waals surface area contributed by atoms with Crippen LogP contribution in [0, 0.1) is 46.0 Å². The Morgan fingerprint density at radius 1 is 0.571 bits per heavy atom. The molecule has 0 spiro atoms. The van der Waals surface area contributed by atoms with Gasteiger partial charge in [0.1, 0.15) is 0 Å². The summed E-state index contributed by atoms with van der Waals surface area (Å²) in [6.07, 6.45) is 0. The van der Waals surface area contributed by atoms with Crippen LogP contribution in [0.3, 0.4) is 0 Å². The molecule has 0 aliphatic carbocycles. The van der Waals surface area contributed by atoms with Gasteiger partial charge < -0.3 is 52.1 Å². The zero-order chi connectivity index (χ0) is 10.7. The standard InChI is InChI=1S/3NO3.H3N.Ru/c3*2-1(3)4;;/h;;;1H3;/q3*-1;;+3. The molecule has 0 unspecified atom stereocenters. The van der Waals surface area contributed by atoms with Gasteiger partial charge in [0, 0.05) is 0 Å². The van der Waals surface area contributed by atoms with Crippen molar-refractivity contribution in [2.75, 3.05) is 0 Å². The van der Waals surface area contributed by atoms with E-state index in [2.05, 4.69) is 0 Å². The van der Waals surface area contributed by atoms with Gasteiger partial charge in [-0.1, -0.05) is 0 Å². The van der Waals surface area contributed by atoms with Gasteiger partial charge in [0.05, 0.1) is 15.3 Å². The Bertz CT molecular complexity index is 114. The minimum absolute atomic E-state index is 0. The average Bonchev–Trinajstić information content (AvgIpc) is 1.54. The van der Waals surface area contributed by atoms with E-state index in [0.29, 0.717) is 0 Å². The largest absolute Gasteiger partial charge is 3.00 e. The molecule has 0 rings (SSSR count). The quantitative estimate of drug-likeness (QED) is 0.340. The minimum atomic E-state index is -1.75. The minimum Gasteiger partial charge on any atom is -0.356 e. The molecule has 0 amide bonds. The van der Waals surface area contributed by atoms with Crippen molar-refractivity contribution in [1.29, 1.82) is 0 Å². The first-order valence-corrected chi connectivity index (χ1v) is 1.64. The molecule has 0 aromatic rings. The molecule has 1 radical (unpaired) electrons. The van der Waals surface area contributed by atoms with E-state index in [0.717, 1.165) is 0 Å². The first-order valence-electron chi connectivity index (χ1n) is 1.64. The molecule has 0 fully saturated rings. The van der Waals surface area contributed by atoms with Crippen molar-refractivity contribution >= 4 is 0 Å². The van der Waals surface area contributed by atoms with Crippen LogP contribution in [-0.4, -0.2) is 15.3 Å². The Labute approximate surface area is 87.6 Å². The third-order valence-electron chi connectivity index (χ3n) is 0. The van der Waals surface area contributed by atoms with Crippen molar-refractivity contribution in [3.05, 3.63) is 46.0 Å². The molecule has 0 atom stereocenters. The Morgan fingerprint density at radius 3 is 0.571 bits per heavy atom. The van der Waals surface area contributed by atoms with Crippen LogP contribution < -0.4 is 6.15 Å². The van der Waals surface area contributed by atoms with E-state index >= 15 is 0 Å². The fourth-order valence-electron chi connectivity index (χ4n) is 0. The van der Waals surface area contributed by atoms with Gasteiger partial charge in [-0.05, 0) is 0 Å². The van der Waals surface area contributed by atoms with Crippen LogP contribution in [0.5, 0.6) is 0 Å².